The Morgan fingerprint density at radius 2 is 1.24 bits per heavy atom. The Kier molecular flexibility index (Phi) is 10.8. The Morgan fingerprint density at radius 1 is 0.800 bits per heavy atom. The van der Waals surface area contributed by atoms with Crippen LogP contribution in [0, 0.1) is 5.92 Å². The fraction of sp³-hybridized carbons (Fsp3) is 0.737. The highest BCUT2D eigenvalue weighted by atomic mass is 16.6. The lowest BCUT2D eigenvalue weighted by atomic mass is 9.96. The summed E-state index contributed by atoms with van der Waals surface area (Å²) in [6, 6.07) is 0. The fourth-order valence-corrected chi connectivity index (χ4v) is 1.72. The minimum atomic E-state index is -1.11. The van der Waals surface area contributed by atoms with Crippen LogP contribution >= 0.6 is 0 Å². The van der Waals surface area contributed by atoms with E-state index in [4.69, 9.17) is 14.2 Å². The van der Waals surface area contributed by atoms with Gasteiger partial charge in [-0.05, 0) is 40.0 Å². The van der Waals surface area contributed by atoms with Crippen molar-refractivity contribution in [1.29, 1.82) is 0 Å². The van der Waals surface area contributed by atoms with Crippen molar-refractivity contribution in [2.24, 2.45) is 5.92 Å². The first-order chi connectivity index (χ1) is 11.7. The quantitative estimate of drug-likeness (QED) is 0.320. The summed E-state index contributed by atoms with van der Waals surface area (Å²) in [6.07, 6.45) is 0.732. The predicted octanol–water partition coefficient (Wildman–Crippen LogP) is 3.57. The molecular weight excluding hydrogens is 324 g/mol. The SMILES string of the molecule is C=C(C(=O)OC(C)CC)C(CC(=O)OC(C)CC)C(=O)OC(C)CC. The van der Waals surface area contributed by atoms with Gasteiger partial charge in [0.05, 0.1) is 30.7 Å². The van der Waals surface area contributed by atoms with E-state index in [0.717, 1.165) is 0 Å². The number of carbonyl (C=O) groups is 3. The van der Waals surface area contributed by atoms with E-state index in [1.807, 2.05) is 20.8 Å². The van der Waals surface area contributed by atoms with Crippen molar-refractivity contribution < 1.29 is 28.6 Å². The maximum Gasteiger partial charge on any atom is 0.334 e. The molecule has 0 saturated heterocycles. The lowest BCUT2D eigenvalue weighted by Gasteiger charge is -2.21. The first kappa shape index (κ1) is 23.1. The normalized spacial score (nSPS) is 15.4. The molecule has 144 valence electrons. The third kappa shape index (κ3) is 8.70. The van der Waals surface area contributed by atoms with Crippen LogP contribution in [0.25, 0.3) is 0 Å². The average molecular weight is 356 g/mol. The molecule has 0 rings (SSSR count). The molecule has 0 aromatic carbocycles. The van der Waals surface area contributed by atoms with Gasteiger partial charge in [0.2, 0.25) is 0 Å². The standard InChI is InChI=1S/C19H32O6/c1-8-12(4)23-17(20)11-16(19(22)25-14(6)10-3)15(7)18(21)24-13(5)9-2/h12-14,16H,7-11H2,1-6H3. The van der Waals surface area contributed by atoms with Crippen LogP contribution in [-0.4, -0.2) is 36.2 Å². The van der Waals surface area contributed by atoms with Crippen molar-refractivity contribution in [3.05, 3.63) is 12.2 Å². The molecule has 25 heavy (non-hydrogen) atoms. The Labute approximate surface area is 150 Å². The summed E-state index contributed by atoms with van der Waals surface area (Å²) in [6.45, 7) is 14.5. The lowest BCUT2D eigenvalue weighted by Crippen LogP contribution is -2.31. The number of ether oxygens (including phenoxy) is 3. The molecule has 0 spiro atoms. The van der Waals surface area contributed by atoms with Crippen LogP contribution in [0.4, 0.5) is 0 Å². The third-order valence-corrected chi connectivity index (χ3v) is 4.02. The number of esters is 3. The van der Waals surface area contributed by atoms with Gasteiger partial charge in [-0.3, -0.25) is 9.59 Å². The zero-order chi connectivity index (χ0) is 19.6. The molecule has 0 radical (unpaired) electrons. The maximum atomic E-state index is 12.4. The van der Waals surface area contributed by atoms with Crippen molar-refractivity contribution in [3.8, 4) is 0 Å². The summed E-state index contributed by atoms with van der Waals surface area (Å²) in [4.78, 5) is 36.7. The van der Waals surface area contributed by atoms with Crippen LogP contribution in [0.1, 0.15) is 67.2 Å². The van der Waals surface area contributed by atoms with Crippen LogP contribution in [0.5, 0.6) is 0 Å². The molecular formula is C19H32O6. The van der Waals surface area contributed by atoms with Gasteiger partial charge in [-0.2, -0.15) is 0 Å². The largest absolute Gasteiger partial charge is 0.463 e. The van der Waals surface area contributed by atoms with Gasteiger partial charge in [0.1, 0.15) is 0 Å². The molecule has 4 unspecified atom stereocenters. The van der Waals surface area contributed by atoms with E-state index in [1.165, 1.54) is 0 Å². The van der Waals surface area contributed by atoms with Gasteiger partial charge in [0.25, 0.3) is 0 Å². The number of hydrogen-bond acceptors (Lipinski definition) is 6. The summed E-state index contributed by atoms with van der Waals surface area (Å²) in [5, 5.41) is 0. The van der Waals surface area contributed by atoms with Crippen LogP contribution < -0.4 is 0 Å². The second-order valence-corrected chi connectivity index (χ2v) is 6.27. The molecule has 0 fully saturated rings. The minimum Gasteiger partial charge on any atom is -0.463 e. The zero-order valence-corrected chi connectivity index (χ0v) is 16.3. The Bertz CT molecular complexity index is 471. The molecule has 6 heteroatoms. The molecule has 0 heterocycles. The highest BCUT2D eigenvalue weighted by Gasteiger charge is 2.33. The molecule has 0 aliphatic heterocycles. The topological polar surface area (TPSA) is 78.9 Å². The molecule has 0 bridgehead atoms. The van der Waals surface area contributed by atoms with Crippen molar-refractivity contribution >= 4 is 17.9 Å². The van der Waals surface area contributed by atoms with Crippen LogP contribution in [0.3, 0.4) is 0 Å². The smallest absolute Gasteiger partial charge is 0.334 e. The molecule has 0 aliphatic carbocycles. The van der Waals surface area contributed by atoms with Gasteiger partial charge in [-0.1, -0.05) is 27.4 Å². The van der Waals surface area contributed by atoms with E-state index in [2.05, 4.69) is 6.58 Å². The first-order valence-corrected chi connectivity index (χ1v) is 8.95. The predicted molar refractivity (Wildman–Crippen MR) is 94.8 cm³/mol. The molecule has 0 amide bonds. The fourth-order valence-electron chi connectivity index (χ4n) is 1.72. The van der Waals surface area contributed by atoms with Gasteiger partial charge in [0.15, 0.2) is 0 Å². The van der Waals surface area contributed by atoms with Crippen molar-refractivity contribution in [2.45, 2.75) is 85.5 Å². The molecule has 0 aromatic rings. The summed E-state index contributed by atoms with van der Waals surface area (Å²) in [5.41, 5.74) is -0.0882. The van der Waals surface area contributed by atoms with Gasteiger partial charge in [0, 0.05) is 5.57 Å². The second-order valence-electron chi connectivity index (χ2n) is 6.27. The van der Waals surface area contributed by atoms with E-state index in [9.17, 15) is 14.4 Å². The molecule has 0 N–H and O–H groups in total. The first-order valence-electron chi connectivity index (χ1n) is 8.95. The van der Waals surface area contributed by atoms with Crippen LogP contribution in [0.2, 0.25) is 0 Å². The van der Waals surface area contributed by atoms with Crippen molar-refractivity contribution in [3.63, 3.8) is 0 Å². The summed E-state index contributed by atoms with van der Waals surface area (Å²) >= 11 is 0. The van der Waals surface area contributed by atoms with Crippen molar-refractivity contribution in [2.75, 3.05) is 0 Å². The molecule has 0 aliphatic rings. The Hall–Kier alpha value is -1.85. The summed E-state index contributed by atoms with van der Waals surface area (Å²) in [5.74, 6) is -3.04. The highest BCUT2D eigenvalue weighted by Crippen LogP contribution is 2.21. The number of carbonyl (C=O) groups excluding carboxylic acids is 3. The molecule has 0 aromatic heterocycles. The van der Waals surface area contributed by atoms with Gasteiger partial charge in [-0.15, -0.1) is 0 Å². The van der Waals surface area contributed by atoms with E-state index >= 15 is 0 Å². The molecule has 0 saturated carbocycles. The van der Waals surface area contributed by atoms with E-state index in [0.29, 0.717) is 19.3 Å². The van der Waals surface area contributed by atoms with E-state index in [-0.39, 0.29) is 30.3 Å². The van der Waals surface area contributed by atoms with E-state index < -0.39 is 23.8 Å². The van der Waals surface area contributed by atoms with Gasteiger partial charge >= 0.3 is 17.9 Å². The van der Waals surface area contributed by atoms with Crippen molar-refractivity contribution in [1.82, 2.24) is 0 Å². The summed E-state index contributed by atoms with van der Waals surface area (Å²) < 4.78 is 15.7. The van der Waals surface area contributed by atoms with Crippen LogP contribution in [0.15, 0.2) is 12.2 Å². The molecule has 4 atom stereocenters. The van der Waals surface area contributed by atoms with Gasteiger partial charge in [-0.25, -0.2) is 4.79 Å². The monoisotopic (exact) mass is 356 g/mol. The Morgan fingerprint density at radius 3 is 1.72 bits per heavy atom. The maximum absolute atomic E-state index is 12.4. The minimum absolute atomic E-state index is 0.0882. The number of rotatable bonds is 11. The third-order valence-electron chi connectivity index (χ3n) is 4.02. The van der Waals surface area contributed by atoms with Crippen LogP contribution in [-0.2, 0) is 28.6 Å². The Balaban J connectivity index is 5.17. The lowest BCUT2D eigenvalue weighted by molar-refractivity contribution is -0.160. The van der Waals surface area contributed by atoms with E-state index in [1.54, 1.807) is 20.8 Å². The molecule has 6 nitrogen and oxygen atoms in total. The zero-order valence-electron chi connectivity index (χ0n) is 16.3. The number of hydrogen-bond donors (Lipinski definition) is 0. The second kappa shape index (κ2) is 11.7. The van der Waals surface area contributed by atoms with Gasteiger partial charge < -0.3 is 14.2 Å². The highest BCUT2D eigenvalue weighted by molar-refractivity contribution is 5.96. The average Bonchev–Trinajstić information content (AvgIpc) is 2.58. The summed E-state index contributed by atoms with van der Waals surface area (Å²) in [7, 11) is 0.